The molecule has 1 fully saturated rings. The smallest absolute Gasteiger partial charge is 0.129 e. The average Bonchev–Trinajstić information content (AvgIpc) is 2.62. The summed E-state index contributed by atoms with van der Waals surface area (Å²) in [6.45, 7) is 1.44. The Balaban J connectivity index is 2.45. The molecular weight excluding hydrogens is 196 g/mol. The highest BCUT2D eigenvalue weighted by Gasteiger charge is 2.32. The number of hydrogen-bond donors (Lipinski definition) is 1. The predicted molar refractivity (Wildman–Crippen MR) is 55.4 cm³/mol. The summed E-state index contributed by atoms with van der Waals surface area (Å²) in [6.07, 6.45) is 3.70. The van der Waals surface area contributed by atoms with Gasteiger partial charge >= 0.3 is 0 Å². The van der Waals surface area contributed by atoms with Crippen LogP contribution in [0.25, 0.3) is 0 Å². The lowest BCUT2D eigenvalue weighted by atomic mass is 9.88. The van der Waals surface area contributed by atoms with Crippen LogP contribution in [0.2, 0.25) is 0 Å². The Bertz CT molecular complexity index is 358. The molecule has 2 rings (SSSR count). The zero-order chi connectivity index (χ0) is 11.1. The second-order valence-electron chi connectivity index (χ2n) is 4.43. The van der Waals surface area contributed by atoms with Gasteiger partial charge in [-0.2, -0.15) is 0 Å². The molecule has 1 aromatic rings. The Kier molecular flexibility index (Phi) is 2.51. The van der Waals surface area contributed by atoms with E-state index < -0.39 is 17.2 Å². The summed E-state index contributed by atoms with van der Waals surface area (Å²) in [7, 11) is 0. The summed E-state index contributed by atoms with van der Waals surface area (Å²) >= 11 is 0. The second kappa shape index (κ2) is 3.56. The van der Waals surface area contributed by atoms with E-state index in [0.29, 0.717) is 5.56 Å². The molecule has 0 heterocycles. The van der Waals surface area contributed by atoms with Crippen LogP contribution in [0.1, 0.15) is 36.8 Å². The van der Waals surface area contributed by atoms with E-state index in [-0.39, 0.29) is 5.56 Å². The maximum atomic E-state index is 13.4. The highest BCUT2D eigenvalue weighted by molar-refractivity contribution is 5.31. The van der Waals surface area contributed by atoms with Crippen LogP contribution >= 0.6 is 0 Å². The Morgan fingerprint density at radius 3 is 2.07 bits per heavy atom. The van der Waals surface area contributed by atoms with Gasteiger partial charge in [-0.1, -0.05) is 12.8 Å². The van der Waals surface area contributed by atoms with Crippen molar-refractivity contribution in [2.45, 2.75) is 38.1 Å². The topological polar surface area (TPSA) is 26.0 Å². The molecule has 0 amide bonds. The van der Waals surface area contributed by atoms with Crippen LogP contribution < -0.4 is 5.73 Å². The molecule has 2 N–H and O–H groups in total. The van der Waals surface area contributed by atoms with Crippen LogP contribution in [-0.4, -0.2) is 0 Å². The van der Waals surface area contributed by atoms with Crippen molar-refractivity contribution >= 4 is 0 Å². The van der Waals surface area contributed by atoms with Gasteiger partial charge in [0.15, 0.2) is 0 Å². The van der Waals surface area contributed by atoms with Gasteiger partial charge in [-0.05, 0) is 37.5 Å². The Hall–Kier alpha value is -0.960. The molecule has 1 nitrogen and oxygen atoms in total. The zero-order valence-corrected chi connectivity index (χ0v) is 8.82. The molecule has 0 spiro atoms. The molecule has 0 unspecified atom stereocenters. The lowest BCUT2D eigenvalue weighted by Gasteiger charge is -2.24. The number of rotatable bonds is 1. The summed E-state index contributed by atoms with van der Waals surface area (Å²) in [5, 5.41) is 0. The van der Waals surface area contributed by atoms with Gasteiger partial charge in [0.1, 0.15) is 11.6 Å². The van der Waals surface area contributed by atoms with Gasteiger partial charge in [0.05, 0.1) is 0 Å². The summed E-state index contributed by atoms with van der Waals surface area (Å²) in [5.41, 5.74) is 6.28. The molecule has 15 heavy (non-hydrogen) atoms. The number of halogens is 2. The molecule has 1 aromatic carbocycles. The SMILES string of the molecule is Cc1c(F)cc(C2(N)CCCC2)cc1F. The van der Waals surface area contributed by atoms with Gasteiger partial charge in [0.2, 0.25) is 0 Å². The quantitative estimate of drug-likeness (QED) is 0.759. The second-order valence-corrected chi connectivity index (χ2v) is 4.43. The molecule has 0 aliphatic heterocycles. The first kappa shape index (κ1) is 10.6. The maximum absolute atomic E-state index is 13.4. The van der Waals surface area contributed by atoms with E-state index in [1.807, 2.05) is 0 Å². The van der Waals surface area contributed by atoms with E-state index in [4.69, 9.17) is 5.73 Å². The fourth-order valence-electron chi connectivity index (χ4n) is 2.23. The average molecular weight is 211 g/mol. The van der Waals surface area contributed by atoms with E-state index in [1.165, 1.54) is 19.1 Å². The Labute approximate surface area is 88.3 Å². The molecule has 82 valence electrons. The standard InChI is InChI=1S/C12H15F2N/c1-8-10(13)6-9(7-11(8)14)12(15)4-2-3-5-12/h6-7H,2-5,15H2,1H3. The first-order valence-electron chi connectivity index (χ1n) is 5.28. The molecule has 0 atom stereocenters. The van der Waals surface area contributed by atoms with Crippen LogP contribution in [0.4, 0.5) is 8.78 Å². The maximum Gasteiger partial charge on any atom is 0.129 e. The van der Waals surface area contributed by atoms with Crippen molar-refractivity contribution in [2.24, 2.45) is 5.73 Å². The molecule has 1 aliphatic carbocycles. The Morgan fingerprint density at radius 1 is 1.13 bits per heavy atom. The molecule has 1 saturated carbocycles. The van der Waals surface area contributed by atoms with Crippen molar-refractivity contribution in [1.29, 1.82) is 0 Å². The third-order valence-corrected chi connectivity index (χ3v) is 3.35. The minimum absolute atomic E-state index is 0.0698. The van der Waals surface area contributed by atoms with Gasteiger partial charge in [0.25, 0.3) is 0 Å². The third-order valence-electron chi connectivity index (χ3n) is 3.35. The first-order valence-corrected chi connectivity index (χ1v) is 5.28. The number of benzene rings is 1. The van der Waals surface area contributed by atoms with E-state index in [0.717, 1.165) is 25.7 Å². The predicted octanol–water partition coefficient (Wildman–Crippen LogP) is 3.00. The van der Waals surface area contributed by atoms with Crippen molar-refractivity contribution in [3.63, 3.8) is 0 Å². The molecule has 0 aromatic heterocycles. The molecule has 1 aliphatic rings. The minimum Gasteiger partial charge on any atom is -0.321 e. The van der Waals surface area contributed by atoms with E-state index in [1.54, 1.807) is 0 Å². The van der Waals surface area contributed by atoms with Crippen molar-refractivity contribution in [1.82, 2.24) is 0 Å². The van der Waals surface area contributed by atoms with Crippen molar-refractivity contribution in [3.8, 4) is 0 Å². The molecule has 3 heteroatoms. The van der Waals surface area contributed by atoms with Crippen molar-refractivity contribution in [3.05, 3.63) is 34.9 Å². The fraction of sp³-hybridized carbons (Fsp3) is 0.500. The highest BCUT2D eigenvalue weighted by Crippen LogP contribution is 2.37. The summed E-state index contributed by atoms with van der Waals surface area (Å²) in [6, 6.07) is 2.76. The molecule has 0 saturated heterocycles. The monoisotopic (exact) mass is 211 g/mol. The van der Waals surface area contributed by atoms with Crippen LogP contribution in [0.5, 0.6) is 0 Å². The van der Waals surface area contributed by atoms with E-state index in [9.17, 15) is 8.78 Å². The van der Waals surface area contributed by atoms with Crippen LogP contribution in [0.3, 0.4) is 0 Å². The normalized spacial score (nSPS) is 19.5. The van der Waals surface area contributed by atoms with Crippen LogP contribution in [-0.2, 0) is 5.54 Å². The van der Waals surface area contributed by atoms with E-state index in [2.05, 4.69) is 0 Å². The van der Waals surface area contributed by atoms with Gasteiger partial charge < -0.3 is 5.73 Å². The van der Waals surface area contributed by atoms with Crippen molar-refractivity contribution < 1.29 is 8.78 Å². The fourth-order valence-corrected chi connectivity index (χ4v) is 2.23. The lowest BCUT2D eigenvalue weighted by Crippen LogP contribution is -2.33. The van der Waals surface area contributed by atoms with Gasteiger partial charge in [0, 0.05) is 11.1 Å². The number of nitrogens with two attached hydrogens (primary N) is 1. The first-order chi connectivity index (χ1) is 7.03. The van der Waals surface area contributed by atoms with Crippen molar-refractivity contribution in [2.75, 3.05) is 0 Å². The van der Waals surface area contributed by atoms with Crippen LogP contribution in [0, 0.1) is 18.6 Å². The van der Waals surface area contributed by atoms with Gasteiger partial charge in [-0.3, -0.25) is 0 Å². The summed E-state index contributed by atoms with van der Waals surface area (Å²) < 4.78 is 26.7. The lowest BCUT2D eigenvalue weighted by molar-refractivity contribution is 0.451. The zero-order valence-electron chi connectivity index (χ0n) is 8.82. The third kappa shape index (κ3) is 1.76. The molecule has 0 radical (unpaired) electrons. The van der Waals surface area contributed by atoms with Gasteiger partial charge in [-0.25, -0.2) is 8.78 Å². The van der Waals surface area contributed by atoms with E-state index >= 15 is 0 Å². The summed E-state index contributed by atoms with van der Waals surface area (Å²) in [5.74, 6) is -0.997. The minimum atomic E-state index is -0.518. The summed E-state index contributed by atoms with van der Waals surface area (Å²) in [4.78, 5) is 0. The largest absolute Gasteiger partial charge is 0.321 e. The van der Waals surface area contributed by atoms with Gasteiger partial charge in [-0.15, -0.1) is 0 Å². The molecular formula is C12H15F2N. The number of hydrogen-bond acceptors (Lipinski definition) is 1. The highest BCUT2D eigenvalue weighted by atomic mass is 19.1. The van der Waals surface area contributed by atoms with Crippen LogP contribution in [0.15, 0.2) is 12.1 Å². The molecule has 0 bridgehead atoms. The Morgan fingerprint density at radius 2 is 1.60 bits per heavy atom.